The van der Waals surface area contributed by atoms with E-state index < -0.39 is 11.9 Å². The minimum absolute atomic E-state index is 0.0256. The number of hydrogen-bond acceptors (Lipinski definition) is 6. The van der Waals surface area contributed by atoms with Crippen molar-refractivity contribution in [2.45, 2.75) is 19.1 Å². The number of pyridine rings is 2. The molecule has 0 aliphatic rings. The van der Waals surface area contributed by atoms with E-state index in [0.717, 1.165) is 17.8 Å². The summed E-state index contributed by atoms with van der Waals surface area (Å²) in [5, 5.41) is 0. The second kappa shape index (κ2) is 8.42. The number of ketones is 1. The number of carbonyl (C=O) groups excluding carboxylic acids is 1. The van der Waals surface area contributed by atoms with Crippen LogP contribution < -0.4 is 0 Å². The molecule has 4 rings (SSSR count). The largest absolute Gasteiger partial charge is 0.433 e. The highest BCUT2D eigenvalue weighted by atomic mass is 19.4. The molecular formula is C21H15F3N6O. The number of hydrogen-bond donors (Lipinski definition) is 0. The summed E-state index contributed by atoms with van der Waals surface area (Å²) in [5.41, 5.74) is 1.68. The van der Waals surface area contributed by atoms with Crippen LogP contribution in [0.4, 0.5) is 13.2 Å². The summed E-state index contributed by atoms with van der Waals surface area (Å²) < 4.78 is 40.1. The van der Waals surface area contributed by atoms with Gasteiger partial charge in [-0.3, -0.25) is 24.7 Å². The second-order valence-corrected chi connectivity index (χ2v) is 6.70. The summed E-state index contributed by atoms with van der Waals surface area (Å²) in [6.45, 7) is 0.0256. The van der Waals surface area contributed by atoms with Crippen LogP contribution >= 0.6 is 0 Å². The molecule has 0 unspecified atom stereocenters. The third-order valence-corrected chi connectivity index (χ3v) is 4.40. The van der Waals surface area contributed by atoms with Gasteiger partial charge in [-0.15, -0.1) is 0 Å². The van der Waals surface area contributed by atoms with Crippen LogP contribution in [-0.2, 0) is 23.9 Å². The maximum absolute atomic E-state index is 12.8. The first-order valence-electron chi connectivity index (χ1n) is 9.17. The van der Waals surface area contributed by atoms with Crippen LogP contribution in [0.25, 0.3) is 22.5 Å². The lowest BCUT2D eigenvalue weighted by atomic mass is 10.1. The van der Waals surface area contributed by atoms with Gasteiger partial charge in [-0.25, -0.2) is 4.98 Å². The molecule has 0 spiro atoms. The molecule has 0 saturated heterocycles. The zero-order chi connectivity index (χ0) is 21.8. The molecular weight excluding hydrogens is 409 g/mol. The zero-order valence-electron chi connectivity index (χ0n) is 16.0. The number of alkyl halides is 3. The van der Waals surface area contributed by atoms with Crippen molar-refractivity contribution < 1.29 is 18.0 Å². The Morgan fingerprint density at radius 2 is 1.77 bits per heavy atom. The highest BCUT2D eigenvalue weighted by Crippen LogP contribution is 2.30. The lowest BCUT2D eigenvalue weighted by Gasteiger charge is -2.06. The lowest BCUT2D eigenvalue weighted by molar-refractivity contribution is -0.141. The molecule has 0 radical (unpaired) electrons. The molecule has 4 heterocycles. The molecule has 0 bridgehead atoms. The minimum atomic E-state index is -4.54. The van der Waals surface area contributed by atoms with Gasteiger partial charge in [0.05, 0.1) is 36.9 Å². The summed E-state index contributed by atoms with van der Waals surface area (Å²) in [6, 6.07) is 5.93. The van der Waals surface area contributed by atoms with Crippen molar-refractivity contribution in [2.75, 3.05) is 0 Å². The monoisotopic (exact) mass is 424 g/mol. The summed E-state index contributed by atoms with van der Waals surface area (Å²) in [4.78, 5) is 32.3. The maximum Gasteiger partial charge on any atom is 0.433 e. The van der Waals surface area contributed by atoms with Gasteiger partial charge in [-0.05, 0) is 24.3 Å². The van der Waals surface area contributed by atoms with Gasteiger partial charge in [-0.1, -0.05) is 0 Å². The minimum Gasteiger partial charge on any atom is -0.329 e. The molecule has 0 saturated carbocycles. The number of carbonyl (C=O) groups is 1. The molecule has 0 aliphatic carbocycles. The van der Waals surface area contributed by atoms with Gasteiger partial charge in [-0.2, -0.15) is 13.2 Å². The van der Waals surface area contributed by atoms with Crippen LogP contribution in [0.5, 0.6) is 0 Å². The molecule has 156 valence electrons. The summed E-state index contributed by atoms with van der Waals surface area (Å²) in [6.07, 6.45) is 6.01. The van der Waals surface area contributed by atoms with E-state index >= 15 is 0 Å². The fraction of sp³-hybridized carbons (Fsp3) is 0.143. The van der Waals surface area contributed by atoms with E-state index in [-0.39, 0.29) is 24.3 Å². The fourth-order valence-corrected chi connectivity index (χ4v) is 2.93. The van der Waals surface area contributed by atoms with Crippen molar-refractivity contribution in [2.24, 2.45) is 0 Å². The van der Waals surface area contributed by atoms with Crippen LogP contribution in [0.15, 0.2) is 67.8 Å². The number of halogens is 3. The van der Waals surface area contributed by atoms with E-state index in [2.05, 4.69) is 24.9 Å². The topological polar surface area (TPSA) is 86.5 Å². The van der Waals surface area contributed by atoms with Crippen molar-refractivity contribution in [1.82, 2.24) is 29.5 Å². The van der Waals surface area contributed by atoms with E-state index in [0.29, 0.717) is 17.1 Å². The average molecular weight is 424 g/mol. The maximum atomic E-state index is 12.8. The van der Waals surface area contributed by atoms with Gasteiger partial charge in [0.1, 0.15) is 5.69 Å². The Hall–Kier alpha value is -3.95. The van der Waals surface area contributed by atoms with Crippen LogP contribution in [0.2, 0.25) is 0 Å². The van der Waals surface area contributed by atoms with Crippen molar-refractivity contribution in [3.63, 3.8) is 0 Å². The van der Waals surface area contributed by atoms with Gasteiger partial charge in [0, 0.05) is 47.8 Å². The third kappa shape index (κ3) is 4.97. The van der Waals surface area contributed by atoms with Gasteiger partial charge in [0.15, 0.2) is 5.78 Å². The Morgan fingerprint density at radius 1 is 0.903 bits per heavy atom. The summed E-state index contributed by atoms with van der Waals surface area (Å²) >= 11 is 0. The van der Waals surface area contributed by atoms with Crippen molar-refractivity contribution in [1.29, 1.82) is 0 Å². The molecule has 0 fully saturated rings. The van der Waals surface area contributed by atoms with Gasteiger partial charge < -0.3 is 4.57 Å². The summed E-state index contributed by atoms with van der Waals surface area (Å²) in [5.74, 6) is -0.116. The first-order chi connectivity index (χ1) is 14.9. The number of aromatic nitrogens is 6. The highest BCUT2D eigenvalue weighted by Gasteiger charge is 2.32. The molecule has 0 amide bonds. The quantitative estimate of drug-likeness (QED) is 0.470. The predicted molar refractivity (Wildman–Crippen MR) is 104 cm³/mol. The Bertz CT molecular complexity index is 1190. The van der Waals surface area contributed by atoms with Crippen LogP contribution in [0, 0.1) is 0 Å². The molecule has 31 heavy (non-hydrogen) atoms. The Balaban J connectivity index is 1.40. The van der Waals surface area contributed by atoms with Crippen LogP contribution in [0.1, 0.15) is 11.4 Å². The SMILES string of the molecule is O=C(Cc1ccc(-c2cnccn2)cn1)Cn1cnc(-c2ccnc(C(F)(F)F)c2)c1. The second-order valence-electron chi connectivity index (χ2n) is 6.70. The zero-order valence-corrected chi connectivity index (χ0v) is 16.0. The standard InChI is InChI=1S/C21H15F3N6O/c22-21(23,24)20-7-14(3-4-27-20)19-12-30(13-29-19)11-17(31)8-16-2-1-15(9-28-16)18-10-25-5-6-26-18/h1-7,9-10,12-13H,8,11H2. The number of rotatable bonds is 6. The first kappa shape index (κ1) is 20.3. The first-order valence-corrected chi connectivity index (χ1v) is 9.17. The van der Waals surface area contributed by atoms with Gasteiger partial charge in [0.2, 0.25) is 0 Å². The Kier molecular flexibility index (Phi) is 5.52. The van der Waals surface area contributed by atoms with Gasteiger partial charge in [0.25, 0.3) is 0 Å². The molecule has 0 atom stereocenters. The number of nitrogens with zero attached hydrogens (tertiary/aromatic N) is 6. The van der Waals surface area contributed by atoms with Gasteiger partial charge >= 0.3 is 6.18 Å². The fourth-order valence-electron chi connectivity index (χ4n) is 2.93. The Labute approximate surface area is 174 Å². The van der Waals surface area contributed by atoms with E-state index in [1.54, 1.807) is 30.9 Å². The molecule has 10 heteroatoms. The van der Waals surface area contributed by atoms with E-state index in [4.69, 9.17) is 0 Å². The van der Waals surface area contributed by atoms with E-state index in [9.17, 15) is 18.0 Å². The number of Topliss-reactive ketones (excluding diaryl/α,β-unsaturated/α-hetero) is 1. The molecule has 4 aromatic heterocycles. The van der Waals surface area contributed by atoms with E-state index in [1.165, 1.54) is 23.2 Å². The number of imidazole rings is 1. The van der Waals surface area contributed by atoms with Crippen LogP contribution in [-0.4, -0.2) is 35.3 Å². The van der Waals surface area contributed by atoms with Crippen molar-refractivity contribution in [3.05, 3.63) is 79.2 Å². The molecule has 0 N–H and O–H groups in total. The predicted octanol–water partition coefficient (Wildman–Crippen LogP) is 3.63. The average Bonchev–Trinajstić information content (AvgIpc) is 3.23. The Morgan fingerprint density at radius 3 is 2.48 bits per heavy atom. The third-order valence-electron chi connectivity index (χ3n) is 4.40. The van der Waals surface area contributed by atoms with Crippen molar-refractivity contribution >= 4 is 5.78 Å². The molecule has 7 nitrogen and oxygen atoms in total. The summed E-state index contributed by atoms with van der Waals surface area (Å²) in [7, 11) is 0. The molecule has 0 aromatic carbocycles. The highest BCUT2D eigenvalue weighted by molar-refractivity contribution is 5.80. The van der Waals surface area contributed by atoms with Crippen molar-refractivity contribution in [3.8, 4) is 22.5 Å². The molecule has 4 aromatic rings. The normalized spacial score (nSPS) is 11.5. The molecule has 0 aliphatic heterocycles. The van der Waals surface area contributed by atoms with E-state index in [1.807, 2.05) is 6.07 Å². The van der Waals surface area contributed by atoms with Crippen LogP contribution in [0.3, 0.4) is 0 Å². The lowest BCUT2D eigenvalue weighted by Crippen LogP contribution is -2.12. The smallest absolute Gasteiger partial charge is 0.329 e.